The molecule has 16 heavy (non-hydrogen) atoms. The molecule has 0 aliphatic carbocycles. The van der Waals surface area contributed by atoms with Crippen LogP contribution in [0.4, 0.5) is 0 Å². The number of aromatic nitrogens is 3. The first kappa shape index (κ1) is 11.3. The van der Waals surface area contributed by atoms with Gasteiger partial charge < -0.3 is 5.11 Å². The molecule has 0 saturated heterocycles. The molecule has 2 rings (SSSR count). The van der Waals surface area contributed by atoms with Gasteiger partial charge in [-0.1, -0.05) is 0 Å². The molecule has 0 radical (unpaired) electrons. The predicted molar refractivity (Wildman–Crippen MR) is 63.4 cm³/mol. The summed E-state index contributed by atoms with van der Waals surface area (Å²) in [6, 6.07) is 2.08. The average Bonchev–Trinajstić information content (AvgIpc) is 2.77. The van der Waals surface area contributed by atoms with Gasteiger partial charge in [-0.05, 0) is 36.2 Å². The molecule has 1 N–H and O–H groups in total. The highest BCUT2D eigenvalue weighted by Gasteiger charge is 2.16. The zero-order valence-electron chi connectivity index (χ0n) is 9.42. The highest BCUT2D eigenvalue weighted by molar-refractivity contribution is 7.07. The van der Waals surface area contributed by atoms with E-state index < -0.39 is 5.60 Å². The van der Waals surface area contributed by atoms with Crippen LogP contribution in [0, 0.1) is 0 Å². The monoisotopic (exact) mass is 237 g/mol. The van der Waals surface area contributed by atoms with Gasteiger partial charge in [0, 0.05) is 6.42 Å². The average molecular weight is 237 g/mol. The third kappa shape index (κ3) is 2.90. The van der Waals surface area contributed by atoms with Gasteiger partial charge in [0.15, 0.2) is 0 Å². The molecule has 0 amide bonds. The van der Waals surface area contributed by atoms with Crippen LogP contribution in [0.15, 0.2) is 23.2 Å². The van der Waals surface area contributed by atoms with Crippen LogP contribution < -0.4 is 0 Å². The molecule has 0 spiro atoms. The second kappa shape index (κ2) is 4.35. The number of nitrogens with zero attached hydrogens (tertiary/aromatic N) is 3. The summed E-state index contributed by atoms with van der Waals surface area (Å²) in [6.45, 7) is 4.00. The Kier molecular flexibility index (Phi) is 3.07. The van der Waals surface area contributed by atoms with Crippen LogP contribution in [0.3, 0.4) is 0 Å². The van der Waals surface area contributed by atoms with Crippen molar-refractivity contribution >= 4 is 11.3 Å². The van der Waals surface area contributed by atoms with E-state index in [4.69, 9.17) is 0 Å². The van der Waals surface area contributed by atoms with Crippen molar-refractivity contribution in [3.8, 4) is 0 Å². The number of aliphatic hydroxyl groups is 1. The van der Waals surface area contributed by atoms with Crippen LogP contribution in [-0.4, -0.2) is 25.5 Å². The number of hydrogen-bond donors (Lipinski definition) is 1. The summed E-state index contributed by atoms with van der Waals surface area (Å²) in [6.07, 6.45) is 2.30. The third-order valence-corrected chi connectivity index (χ3v) is 2.91. The molecule has 0 fully saturated rings. The first-order chi connectivity index (χ1) is 7.54. The van der Waals surface area contributed by atoms with E-state index in [9.17, 15) is 5.11 Å². The molecule has 5 heteroatoms. The van der Waals surface area contributed by atoms with Crippen LogP contribution in [0.5, 0.6) is 0 Å². The van der Waals surface area contributed by atoms with Gasteiger partial charge in [0.05, 0.1) is 12.1 Å². The molecule has 4 nitrogen and oxygen atoms in total. The number of rotatable bonds is 4. The molecule has 0 atom stereocenters. The van der Waals surface area contributed by atoms with Gasteiger partial charge in [-0.2, -0.15) is 16.4 Å². The van der Waals surface area contributed by atoms with Crippen molar-refractivity contribution in [1.82, 2.24) is 14.8 Å². The Balaban J connectivity index is 2.13. The van der Waals surface area contributed by atoms with E-state index >= 15 is 0 Å². The normalized spacial score (nSPS) is 11.9. The van der Waals surface area contributed by atoms with Gasteiger partial charge in [-0.25, -0.2) is 9.67 Å². The lowest BCUT2D eigenvalue weighted by molar-refractivity contribution is 0.0567. The van der Waals surface area contributed by atoms with Gasteiger partial charge in [0.2, 0.25) is 0 Å². The number of thiophene rings is 1. The summed E-state index contributed by atoms with van der Waals surface area (Å²) < 4.78 is 1.76. The molecule has 0 aromatic carbocycles. The maximum absolute atomic E-state index is 9.75. The SMILES string of the molecule is CC(C)(O)Cn1ncnc1Cc1ccsc1. The summed E-state index contributed by atoms with van der Waals surface area (Å²) in [4.78, 5) is 4.22. The topological polar surface area (TPSA) is 50.9 Å². The van der Waals surface area contributed by atoms with Gasteiger partial charge >= 0.3 is 0 Å². The van der Waals surface area contributed by atoms with Crippen molar-refractivity contribution in [2.45, 2.75) is 32.4 Å². The Morgan fingerprint density at radius 3 is 2.94 bits per heavy atom. The van der Waals surface area contributed by atoms with E-state index in [1.54, 1.807) is 29.9 Å². The van der Waals surface area contributed by atoms with Crippen LogP contribution in [-0.2, 0) is 13.0 Å². The quantitative estimate of drug-likeness (QED) is 0.880. The minimum absolute atomic E-state index is 0.465. The van der Waals surface area contributed by atoms with Crippen molar-refractivity contribution in [3.63, 3.8) is 0 Å². The lowest BCUT2D eigenvalue weighted by Gasteiger charge is -2.17. The fourth-order valence-electron chi connectivity index (χ4n) is 1.50. The Labute approximate surface area is 98.6 Å². The van der Waals surface area contributed by atoms with E-state index in [2.05, 4.69) is 21.5 Å². The smallest absolute Gasteiger partial charge is 0.138 e. The highest BCUT2D eigenvalue weighted by Crippen LogP contribution is 2.12. The molecule has 0 aliphatic rings. The Hall–Kier alpha value is -1.20. The van der Waals surface area contributed by atoms with E-state index in [-0.39, 0.29) is 0 Å². The molecule has 2 aromatic heterocycles. The van der Waals surface area contributed by atoms with Crippen molar-refractivity contribution in [3.05, 3.63) is 34.5 Å². The van der Waals surface area contributed by atoms with E-state index in [0.29, 0.717) is 6.54 Å². The first-order valence-electron chi connectivity index (χ1n) is 5.15. The standard InChI is InChI=1S/C11H15N3OS/c1-11(2,15)7-14-10(12-8-13-14)5-9-3-4-16-6-9/h3-4,6,8,15H,5,7H2,1-2H3. The largest absolute Gasteiger partial charge is 0.389 e. The summed E-state index contributed by atoms with van der Waals surface area (Å²) in [7, 11) is 0. The highest BCUT2D eigenvalue weighted by atomic mass is 32.1. The minimum atomic E-state index is -0.767. The van der Waals surface area contributed by atoms with E-state index in [1.807, 2.05) is 5.38 Å². The molecular formula is C11H15N3OS. The van der Waals surface area contributed by atoms with Crippen LogP contribution in [0.25, 0.3) is 0 Å². The Morgan fingerprint density at radius 2 is 2.31 bits per heavy atom. The fourth-order valence-corrected chi connectivity index (χ4v) is 2.17. The van der Waals surface area contributed by atoms with Crippen molar-refractivity contribution in [1.29, 1.82) is 0 Å². The second-order valence-electron chi connectivity index (χ2n) is 4.45. The number of hydrogen-bond acceptors (Lipinski definition) is 4. The van der Waals surface area contributed by atoms with E-state index in [1.165, 1.54) is 11.9 Å². The van der Waals surface area contributed by atoms with Gasteiger partial charge in [0.25, 0.3) is 0 Å². The van der Waals surface area contributed by atoms with Gasteiger partial charge in [-0.3, -0.25) is 0 Å². The van der Waals surface area contributed by atoms with Gasteiger partial charge in [-0.15, -0.1) is 0 Å². The summed E-state index contributed by atoms with van der Waals surface area (Å²) in [5, 5.41) is 18.0. The van der Waals surface area contributed by atoms with Crippen LogP contribution >= 0.6 is 11.3 Å². The molecule has 2 heterocycles. The summed E-state index contributed by atoms with van der Waals surface area (Å²) in [5.74, 6) is 0.889. The zero-order valence-corrected chi connectivity index (χ0v) is 10.2. The molecule has 0 saturated carbocycles. The molecule has 0 unspecified atom stereocenters. The summed E-state index contributed by atoms with van der Waals surface area (Å²) >= 11 is 1.67. The summed E-state index contributed by atoms with van der Waals surface area (Å²) in [5.41, 5.74) is 0.465. The molecule has 2 aromatic rings. The first-order valence-corrected chi connectivity index (χ1v) is 6.09. The van der Waals surface area contributed by atoms with Crippen LogP contribution in [0.2, 0.25) is 0 Å². The molecule has 86 valence electrons. The minimum Gasteiger partial charge on any atom is -0.389 e. The lowest BCUT2D eigenvalue weighted by Crippen LogP contribution is -2.27. The lowest BCUT2D eigenvalue weighted by atomic mass is 10.1. The Bertz CT molecular complexity index is 442. The van der Waals surface area contributed by atoms with Crippen LogP contribution in [0.1, 0.15) is 25.2 Å². The zero-order chi connectivity index (χ0) is 11.6. The maximum Gasteiger partial charge on any atom is 0.138 e. The second-order valence-corrected chi connectivity index (χ2v) is 5.23. The fraction of sp³-hybridized carbons (Fsp3) is 0.455. The third-order valence-electron chi connectivity index (χ3n) is 2.17. The molecule has 0 bridgehead atoms. The van der Waals surface area contributed by atoms with Gasteiger partial charge in [0.1, 0.15) is 12.2 Å². The molecular weight excluding hydrogens is 222 g/mol. The Morgan fingerprint density at radius 1 is 1.50 bits per heavy atom. The maximum atomic E-state index is 9.75. The van der Waals surface area contributed by atoms with Crippen molar-refractivity contribution in [2.24, 2.45) is 0 Å². The van der Waals surface area contributed by atoms with Crippen molar-refractivity contribution in [2.75, 3.05) is 0 Å². The van der Waals surface area contributed by atoms with E-state index in [0.717, 1.165) is 12.2 Å². The molecule has 0 aliphatic heterocycles. The predicted octanol–water partition coefficient (Wildman–Crippen LogP) is 1.70. The van der Waals surface area contributed by atoms with Crippen molar-refractivity contribution < 1.29 is 5.11 Å².